The van der Waals surface area contributed by atoms with E-state index in [0.29, 0.717) is 17.1 Å². The van der Waals surface area contributed by atoms with Crippen LogP contribution >= 0.6 is 0 Å². The van der Waals surface area contributed by atoms with Gasteiger partial charge in [-0.2, -0.15) is 5.10 Å². The second-order valence-electron chi connectivity index (χ2n) is 8.52. The molecule has 0 saturated heterocycles. The van der Waals surface area contributed by atoms with Crippen molar-refractivity contribution in [3.05, 3.63) is 58.6 Å². The number of hydrogen-bond acceptors (Lipinski definition) is 6. The normalized spacial score (nSPS) is 23.3. The minimum atomic E-state index is -2.95. The highest BCUT2D eigenvalue weighted by atomic mass is 19.3. The molecule has 180 valence electrons. The second-order valence-corrected chi connectivity index (χ2v) is 8.52. The lowest BCUT2D eigenvalue weighted by molar-refractivity contribution is -0.117. The predicted molar refractivity (Wildman–Crippen MR) is 125 cm³/mol. The molecule has 7 nitrogen and oxygen atoms in total. The van der Waals surface area contributed by atoms with Crippen molar-refractivity contribution in [2.24, 2.45) is 20.8 Å². The van der Waals surface area contributed by atoms with E-state index >= 15 is 0 Å². The van der Waals surface area contributed by atoms with Crippen LogP contribution in [0.15, 0.2) is 56.7 Å². The monoisotopic (exact) mass is 472 g/mol. The lowest BCUT2D eigenvalue weighted by Gasteiger charge is -2.32. The van der Waals surface area contributed by atoms with Crippen LogP contribution in [0.3, 0.4) is 0 Å². The van der Waals surface area contributed by atoms with E-state index in [4.69, 9.17) is 15.8 Å². The highest BCUT2D eigenvalue weighted by molar-refractivity contribution is 6.31. The number of amidine groups is 1. The molecule has 0 aromatic heterocycles. The third-order valence-corrected chi connectivity index (χ3v) is 6.35. The highest BCUT2D eigenvalue weighted by Crippen LogP contribution is 2.35. The molecule has 4 rings (SSSR count). The van der Waals surface area contributed by atoms with Gasteiger partial charge in [-0.15, -0.1) is 0 Å². The Kier molecular flexibility index (Phi) is 6.85. The number of carbonyl (C=O) groups excluding carboxylic acids is 1. The molecule has 1 aliphatic carbocycles. The van der Waals surface area contributed by atoms with Gasteiger partial charge in [-0.05, 0) is 25.8 Å². The number of amides is 1. The molecule has 1 aromatic carbocycles. The summed E-state index contributed by atoms with van der Waals surface area (Å²) in [5, 5.41) is 9.23. The fraction of sp³-hybridized carbons (Fsp3) is 0.417. The Morgan fingerprint density at radius 2 is 2.03 bits per heavy atom. The first kappa shape index (κ1) is 23.7. The number of halogens is 3. The third-order valence-electron chi connectivity index (χ3n) is 6.35. The van der Waals surface area contributed by atoms with Crippen LogP contribution in [0.4, 0.5) is 13.2 Å². The zero-order chi connectivity index (χ0) is 24.4. The van der Waals surface area contributed by atoms with Gasteiger partial charge in [0.05, 0.1) is 35.0 Å². The molecule has 2 aliphatic heterocycles. The molecule has 3 atom stereocenters. The molecule has 3 aliphatic rings. The summed E-state index contributed by atoms with van der Waals surface area (Å²) in [7, 11) is 1.61. The Morgan fingerprint density at radius 3 is 2.74 bits per heavy atom. The first-order valence-electron chi connectivity index (χ1n) is 11.2. The van der Waals surface area contributed by atoms with Crippen molar-refractivity contribution in [2.45, 2.75) is 57.2 Å². The number of hydrogen-bond donors (Lipinski definition) is 2. The van der Waals surface area contributed by atoms with Crippen LogP contribution in [0.25, 0.3) is 0 Å². The number of aliphatic imine (C=N–C) groups is 2. The highest BCUT2D eigenvalue weighted by Gasteiger charge is 2.42. The Hall–Kier alpha value is -3.43. The summed E-state index contributed by atoms with van der Waals surface area (Å²) < 4.78 is 40.9. The van der Waals surface area contributed by atoms with Gasteiger partial charge >= 0.3 is 0 Å². The summed E-state index contributed by atoms with van der Waals surface area (Å²) in [4.78, 5) is 22.2. The zero-order valence-electron chi connectivity index (χ0n) is 19.0. The predicted octanol–water partition coefficient (Wildman–Crippen LogP) is 3.81. The summed E-state index contributed by atoms with van der Waals surface area (Å²) in [5.74, 6) is -1.07. The molecule has 0 radical (unpaired) electrons. The van der Waals surface area contributed by atoms with Gasteiger partial charge in [0.15, 0.2) is 5.84 Å². The molecule has 10 heteroatoms. The number of rotatable bonds is 6. The van der Waals surface area contributed by atoms with Crippen LogP contribution in [0.5, 0.6) is 0 Å². The van der Waals surface area contributed by atoms with Crippen molar-refractivity contribution in [1.82, 2.24) is 10.3 Å². The lowest BCUT2D eigenvalue weighted by Crippen LogP contribution is -2.43. The molecule has 0 unspecified atom stereocenters. The molecule has 0 spiro atoms. The fourth-order valence-corrected chi connectivity index (χ4v) is 4.63. The molecule has 1 aromatic rings. The lowest BCUT2D eigenvalue weighted by atomic mass is 9.91. The van der Waals surface area contributed by atoms with E-state index in [9.17, 15) is 18.0 Å². The smallest absolute Gasteiger partial charge is 0.266 e. The van der Waals surface area contributed by atoms with Gasteiger partial charge in [0.25, 0.3) is 12.3 Å². The van der Waals surface area contributed by atoms with Crippen LogP contribution in [0.1, 0.15) is 56.2 Å². The van der Waals surface area contributed by atoms with Crippen LogP contribution in [0.2, 0.25) is 0 Å². The summed E-state index contributed by atoms with van der Waals surface area (Å²) in [5.41, 5.74) is 6.32. The zero-order valence-corrected chi connectivity index (χ0v) is 19.0. The summed E-state index contributed by atoms with van der Waals surface area (Å²) in [6.07, 6.45) is 5.45. The molecule has 1 fully saturated rings. The first-order valence-corrected chi connectivity index (χ1v) is 11.2. The van der Waals surface area contributed by atoms with Gasteiger partial charge < -0.3 is 11.1 Å². The Balaban J connectivity index is 1.67. The number of nitrogens with one attached hydrogen (secondary N) is 1. The number of nitrogens with zero attached hydrogens (tertiary/aromatic N) is 4. The maximum atomic E-state index is 14.6. The van der Waals surface area contributed by atoms with Crippen molar-refractivity contribution in [3.8, 4) is 0 Å². The Labute approximate surface area is 196 Å². The number of fused-ring (bicyclic) bond motifs is 3. The quantitative estimate of drug-likeness (QED) is 0.617. The fourth-order valence-electron chi connectivity index (χ4n) is 4.63. The van der Waals surface area contributed by atoms with Gasteiger partial charge in [-0.25, -0.2) is 18.2 Å². The van der Waals surface area contributed by atoms with Crippen molar-refractivity contribution < 1.29 is 18.0 Å². The average molecular weight is 473 g/mol. The molecular formula is C24H27F3N6O. The summed E-state index contributed by atoms with van der Waals surface area (Å²) in [6, 6.07) is 3.00. The van der Waals surface area contributed by atoms with E-state index in [0.717, 1.165) is 31.7 Å². The Morgan fingerprint density at radius 1 is 1.29 bits per heavy atom. The van der Waals surface area contributed by atoms with Gasteiger partial charge in [0.1, 0.15) is 5.82 Å². The van der Waals surface area contributed by atoms with E-state index in [1.54, 1.807) is 31.3 Å². The van der Waals surface area contributed by atoms with E-state index in [2.05, 4.69) is 10.3 Å². The number of allylic oxidation sites excluding steroid dienone is 2. The first-order chi connectivity index (χ1) is 16.3. The van der Waals surface area contributed by atoms with Crippen LogP contribution in [-0.4, -0.2) is 47.8 Å². The number of benzene rings is 1. The third kappa shape index (κ3) is 4.36. The molecular weight excluding hydrogens is 445 g/mol. The van der Waals surface area contributed by atoms with E-state index in [1.165, 1.54) is 18.3 Å². The van der Waals surface area contributed by atoms with Crippen LogP contribution in [0, 0.1) is 5.82 Å². The molecule has 1 amide bonds. The second kappa shape index (κ2) is 9.82. The van der Waals surface area contributed by atoms with Gasteiger partial charge in [-0.3, -0.25) is 14.8 Å². The average Bonchev–Trinajstić information content (AvgIpc) is 3.20. The summed E-state index contributed by atoms with van der Waals surface area (Å²) >= 11 is 0. The van der Waals surface area contributed by atoms with Crippen molar-refractivity contribution in [2.75, 3.05) is 7.05 Å². The largest absolute Gasteiger partial charge is 0.404 e. The van der Waals surface area contributed by atoms with Gasteiger partial charge in [-0.1, -0.05) is 31.0 Å². The maximum absolute atomic E-state index is 14.6. The molecule has 34 heavy (non-hydrogen) atoms. The maximum Gasteiger partial charge on any atom is 0.266 e. The van der Waals surface area contributed by atoms with Crippen molar-refractivity contribution in [3.63, 3.8) is 0 Å². The minimum absolute atomic E-state index is 0.0176. The Bertz CT molecular complexity index is 1120. The van der Waals surface area contributed by atoms with Crippen molar-refractivity contribution >= 4 is 23.7 Å². The number of nitrogens with two attached hydrogens (primary N) is 1. The van der Waals surface area contributed by atoms with Gasteiger partial charge in [0.2, 0.25) is 0 Å². The van der Waals surface area contributed by atoms with E-state index < -0.39 is 29.8 Å². The number of carbonyl (C=O) groups is 1. The molecule has 3 N–H and O–H groups in total. The number of hydrazone groups is 1. The van der Waals surface area contributed by atoms with Crippen LogP contribution < -0.4 is 11.1 Å². The van der Waals surface area contributed by atoms with Gasteiger partial charge in [0, 0.05) is 30.6 Å². The molecule has 1 saturated carbocycles. The van der Waals surface area contributed by atoms with Crippen LogP contribution in [-0.2, 0) is 4.79 Å². The SMILES string of the molecule is CN=CC(=CN)C1=NN2C(=N[C@@H]3CCCC[C@@H]32)C(C(=O)N[C@H](C)c2cccc(C(F)F)c2F)=C1. The minimum Gasteiger partial charge on any atom is -0.404 e. The molecule has 2 heterocycles. The summed E-state index contributed by atoms with van der Waals surface area (Å²) in [6.45, 7) is 1.55. The van der Waals surface area contributed by atoms with Crippen molar-refractivity contribution in [1.29, 1.82) is 0 Å². The molecule has 0 bridgehead atoms. The number of alkyl halides is 2. The van der Waals surface area contributed by atoms with E-state index in [1.807, 2.05) is 0 Å². The standard InChI is InChI=1S/C24H27F3N6O/c1-13(15-6-5-7-16(21(15)25)22(26)27)30-24(34)17-10-19(14(11-28)12-29-2)32-33-20-9-4-3-8-18(20)31-23(17)33/h5-7,10-13,18,20,22H,3-4,8-9,28H2,1-2H3,(H,30,34)/t13-,18-,20+/m1/s1. The topological polar surface area (TPSA) is 95.4 Å². The van der Waals surface area contributed by atoms with E-state index in [-0.39, 0.29) is 23.2 Å².